The molecule has 2 heteroatoms. The van der Waals surface area contributed by atoms with Crippen molar-refractivity contribution in [1.82, 2.24) is 4.98 Å². The molecule has 0 aromatic carbocycles. The van der Waals surface area contributed by atoms with Crippen molar-refractivity contribution in [2.45, 2.75) is 0 Å². The van der Waals surface area contributed by atoms with Crippen LogP contribution in [0, 0.1) is 0 Å². The minimum Gasteiger partial charge on any atom is -0.326 e. The fourth-order valence-electron chi connectivity index (χ4n) is 0.975. The van der Waals surface area contributed by atoms with E-state index in [9.17, 15) is 0 Å². The Morgan fingerprint density at radius 2 is 2.42 bits per heavy atom. The van der Waals surface area contributed by atoms with Crippen LogP contribution in [0.15, 0.2) is 31.5 Å². The topological polar surface area (TPSA) is 38.9 Å². The van der Waals surface area contributed by atoms with Gasteiger partial charge in [0.2, 0.25) is 0 Å². The predicted octanol–water partition coefficient (Wildman–Crippen LogP) is 1.70. The molecule has 0 aliphatic rings. The Morgan fingerprint density at radius 3 is 3.00 bits per heavy atom. The molecule has 2 N–H and O–H groups in total. The normalized spacial score (nSPS) is 9.42. The number of hydrogen-bond donors (Lipinski definition) is 1. The maximum atomic E-state index is 5.45. The Bertz CT molecular complexity index is 302. The van der Waals surface area contributed by atoms with E-state index in [0.717, 1.165) is 16.8 Å². The fraction of sp³-hybridized carbons (Fsp3) is 0.100. The quantitative estimate of drug-likeness (QED) is 0.730. The first kappa shape index (κ1) is 8.68. The van der Waals surface area contributed by atoms with Crippen LogP contribution in [-0.4, -0.2) is 11.5 Å². The lowest BCUT2D eigenvalue weighted by atomic mass is 10.1. The van der Waals surface area contributed by atoms with Gasteiger partial charge >= 0.3 is 0 Å². The maximum Gasteiger partial charge on any atom is 0.0740 e. The molecule has 62 valence electrons. The molecule has 0 aliphatic heterocycles. The van der Waals surface area contributed by atoms with E-state index in [-0.39, 0.29) is 0 Å². The zero-order chi connectivity index (χ0) is 8.97. The van der Waals surface area contributed by atoms with Gasteiger partial charge in [0.25, 0.3) is 0 Å². The molecular weight excluding hydrogens is 148 g/mol. The first-order chi connectivity index (χ1) is 5.79. The molecule has 12 heavy (non-hydrogen) atoms. The summed E-state index contributed by atoms with van der Waals surface area (Å²) in [5.41, 5.74) is 8.11. The lowest BCUT2D eigenvalue weighted by Gasteiger charge is -2.04. The van der Waals surface area contributed by atoms with Gasteiger partial charge in [0.05, 0.1) is 5.69 Å². The molecule has 0 aliphatic carbocycles. The predicted molar refractivity (Wildman–Crippen MR) is 52.4 cm³/mol. The number of nitrogens with zero attached hydrogens (tertiary/aromatic N) is 1. The SMILES string of the molecule is C=Cc1cccnc1C(=C)CN. The van der Waals surface area contributed by atoms with Crippen molar-refractivity contribution in [3.05, 3.63) is 42.7 Å². The van der Waals surface area contributed by atoms with Crippen LogP contribution in [0.1, 0.15) is 11.3 Å². The van der Waals surface area contributed by atoms with Gasteiger partial charge in [-0.2, -0.15) is 0 Å². The Kier molecular flexibility index (Phi) is 2.77. The summed E-state index contributed by atoms with van der Waals surface area (Å²) in [5.74, 6) is 0. The Morgan fingerprint density at radius 1 is 1.67 bits per heavy atom. The molecule has 0 atom stereocenters. The highest BCUT2D eigenvalue weighted by molar-refractivity contribution is 5.70. The van der Waals surface area contributed by atoms with Crippen molar-refractivity contribution < 1.29 is 0 Å². The lowest BCUT2D eigenvalue weighted by molar-refractivity contribution is 1.19. The monoisotopic (exact) mass is 160 g/mol. The van der Waals surface area contributed by atoms with E-state index in [2.05, 4.69) is 18.1 Å². The summed E-state index contributed by atoms with van der Waals surface area (Å²) in [7, 11) is 0. The number of pyridine rings is 1. The zero-order valence-electron chi connectivity index (χ0n) is 6.96. The summed E-state index contributed by atoms with van der Waals surface area (Å²) in [6.07, 6.45) is 3.48. The lowest BCUT2D eigenvalue weighted by Crippen LogP contribution is -2.03. The first-order valence-corrected chi connectivity index (χ1v) is 3.75. The van der Waals surface area contributed by atoms with Gasteiger partial charge in [-0.1, -0.05) is 25.3 Å². The van der Waals surface area contributed by atoms with Gasteiger partial charge in [0.15, 0.2) is 0 Å². The summed E-state index contributed by atoms with van der Waals surface area (Å²) in [6, 6.07) is 3.81. The van der Waals surface area contributed by atoms with Crippen molar-refractivity contribution >= 4 is 11.6 Å². The van der Waals surface area contributed by atoms with Crippen LogP contribution in [0.4, 0.5) is 0 Å². The number of hydrogen-bond acceptors (Lipinski definition) is 2. The van der Waals surface area contributed by atoms with E-state index < -0.39 is 0 Å². The van der Waals surface area contributed by atoms with E-state index in [4.69, 9.17) is 5.73 Å². The van der Waals surface area contributed by atoms with Gasteiger partial charge in [-0.3, -0.25) is 4.98 Å². The Labute approximate surface area is 72.4 Å². The summed E-state index contributed by atoms with van der Waals surface area (Å²) in [6.45, 7) is 7.93. The molecule has 0 saturated carbocycles. The highest BCUT2D eigenvalue weighted by atomic mass is 14.7. The van der Waals surface area contributed by atoms with E-state index in [1.54, 1.807) is 12.3 Å². The van der Waals surface area contributed by atoms with E-state index in [1.165, 1.54) is 0 Å². The van der Waals surface area contributed by atoms with Crippen LogP contribution in [0.5, 0.6) is 0 Å². The van der Waals surface area contributed by atoms with Crippen LogP contribution in [-0.2, 0) is 0 Å². The van der Waals surface area contributed by atoms with Crippen LogP contribution < -0.4 is 5.73 Å². The van der Waals surface area contributed by atoms with Crippen molar-refractivity contribution in [2.24, 2.45) is 5.73 Å². The second-order valence-corrected chi connectivity index (χ2v) is 2.45. The molecule has 0 saturated heterocycles. The molecule has 1 rings (SSSR count). The average molecular weight is 160 g/mol. The largest absolute Gasteiger partial charge is 0.326 e. The van der Waals surface area contributed by atoms with Gasteiger partial charge in [0, 0.05) is 12.7 Å². The minimum absolute atomic E-state index is 0.428. The molecule has 0 unspecified atom stereocenters. The van der Waals surface area contributed by atoms with Crippen molar-refractivity contribution in [3.8, 4) is 0 Å². The third kappa shape index (κ3) is 1.60. The Balaban J connectivity index is 3.13. The summed E-state index contributed by atoms with van der Waals surface area (Å²) in [5, 5.41) is 0. The highest BCUT2D eigenvalue weighted by Gasteiger charge is 2.01. The minimum atomic E-state index is 0.428. The van der Waals surface area contributed by atoms with Crippen LogP contribution >= 0.6 is 0 Å². The second kappa shape index (κ2) is 3.83. The first-order valence-electron chi connectivity index (χ1n) is 3.75. The molecule has 1 heterocycles. The van der Waals surface area contributed by atoms with Gasteiger partial charge in [-0.25, -0.2) is 0 Å². The summed E-state index contributed by atoms with van der Waals surface area (Å²) >= 11 is 0. The molecular formula is C10H12N2. The average Bonchev–Trinajstić information content (AvgIpc) is 2.16. The second-order valence-electron chi connectivity index (χ2n) is 2.45. The van der Waals surface area contributed by atoms with Crippen molar-refractivity contribution in [1.29, 1.82) is 0 Å². The van der Waals surface area contributed by atoms with Crippen LogP contribution in [0.25, 0.3) is 11.6 Å². The van der Waals surface area contributed by atoms with E-state index in [0.29, 0.717) is 6.54 Å². The van der Waals surface area contributed by atoms with Crippen LogP contribution in [0.2, 0.25) is 0 Å². The van der Waals surface area contributed by atoms with Crippen molar-refractivity contribution in [3.63, 3.8) is 0 Å². The van der Waals surface area contributed by atoms with Crippen LogP contribution in [0.3, 0.4) is 0 Å². The molecule has 0 amide bonds. The van der Waals surface area contributed by atoms with Crippen molar-refractivity contribution in [2.75, 3.05) is 6.54 Å². The van der Waals surface area contributed by atoms with Gasteiger partial charge in [0.1, 0.15) is 0 Å². The third-order valence-corrected chi connectivity index (χ3v) is 1.64. The smallest absolute Gasteiger partial charge is 0.0740 e. The van der Waals surface area contributed by atoms with E-state index in [1.807, 2.05) is 12.1 Å². The number of rotatable bonds is 3. The zero-order valence-corrected chi connectivity index (χ0v) is 6.96. The summed E-state index contributed by atoms with van der Waals surface area (Å²) < 4.78 is 0. The molecule has 0 radical (unpaired) electrons. The summed E-state index contributed by atoms with van der Waals surface area (Å²) in [4.78, 5) is 4.17. The van der Waals surface area contributed by atoms with E-state index >= 15 is 0 Å². The Hall–Kier alpha value is -1.41. The number of aromatic nitrogens is 1. The molecule has 1 aromatic rings. The number of nitrogens with two attached hydrogens (primary N) is 1. The van der Waals surface area contributed by atoms with Gasteiger partial charge < -0.3 is 5.73 Å². The fourth-order valence-corrected chi connectivity index (χ4v) is 0.975. The highest BCUT2D eigenvalue weighted by Crippen LogP contribution is 2.14. The molecule has 0 spiro atoms. The third-order valence-electron chi connectivity index (χ3n) is 1.64. The molecule has 0 bridgehead atoms. The molecule has 2 nitrogen and oxygen atoms in total. The molecule has 1 aromatic heterocycles. The maximum absolute atomic E-state index is 5.45. The van der Waals surface area contributed by atoms with Gasteiger partial charge in [-0.15, -0.1) is 0 Å². The molecule has 0 fully saturated rings. The standard InChI is InChI=1S/C10H12N2/c1-3-9-5-4-6-12-10(9)8(2)7-11/h3-6H,1-2,7,11H2. The van der Waals surface area contributed by atoms with Gasteiger partial charge in [-0.05, 0) is 17.2 Å².